The fourth-order valence-corrected chi connectivity index (χ4v) is 4.24. The van der Waals surface area contributed by atoms with E-state index in [1.807, 2.05) is 0 Å². The number of anilines is 1. The number of aromatic nitrogens is 2. The normalized spacial score (nSPS) is 31.8. The molecule has 1 aromatic heterocycles. The molecule has 1 amide bonds. The maximum atomic E-state index is 13.4. The van der Waals surface area contributed by atoms with Crippen LogP contribution in [0, 0.1) is 0 Å². The molecule has 0 bridgehead atoms. The highest BCUT2D eigenvalue weighted by atomic mass is 19.4. The lowest BCUT2D eigenvalue weighted by Crippen LogP contribution is -2.39. The summed E-state index contributed by atoms with van der Waals surface area (Å²) in [5, 5.41) is 7.35. The third-order valence-corrected chi connectivity index (χ3v) is 5.48. The van der Waals surface area contributed by atoms with Crippen molar-refractivity contribution < 1.29 is 22.7 Å². The molecule has 4 rings (SSSR count). The van der Waals surface area contributed by atoms with Crippen molar-refractivity contribution in [2.45, 2.75) is 69.4 Å². The number of halogens is 3. The number of carbonyl (C=O) groups is 1. The van der Waals surface area contributed by atoms with E-state index in [0.717, 1.165) is 17.5 Å². The zero-order valence-electron chi connectivity index (χ0n) is 14.6. The maximum Gasteiger partial charge on any atom is 0.410 e. The molecule has 4 atom stereocenters. The number of fused-ring (bicyclic) bond motifs is 1. The minimum Gasteiger partial charge on any atom is -0.368 e. The molecule has 0 aliphatic carbocycles. The fourth-order valence-electron chi connectivity index (χ4n) is 4.24. The van der Waals surface area contributed by atoms with E-state index in [4.69, 9.17) is 4.74 Å². The Labute approximate surface area is 149 Å². The average Bonchev–Trinajstić information content (AvgIpc) is 3.31. The molecule has 0 saturated carbocycles. The summed E-state index contributed by atoms with van der Waals surface area (Å²) in [5.41, 5.74) is 0.527. The van der Waals surface area contributed by atoms with Crippen molar-refractivity contribution >= 4 is 11.7 Å². The van der Waals surface area contributed by atoms with Crippen LogP contribution in [0.25, 0.3) is 0 Å². The predicted molar refractivity (Wildman–Crippen MR) is 87.7 cm³/mol. The van der Waals surface area contributed by atoms with Crippen LogP contribution in [0.15, 0.2) is 6.07 Å². The van der Waals surface area contributed by atoms with Crippen molar-refractivity contribution in [3.63, 3.8) is 0 Å². The minimum atomic E-state index is -4.35. The van der Waals surface area contributed by atoms with Crippen LogP contribution >= 0.6 is 0 Å². The molecule has 9 heteroatoms. The van der Waals surface area contributed by atoms with Gasteiger partial charge in [0.1, 0.15) is 11.9 Å². The minimum absolute atomic E-state index is 0.0547. The summed E-state index contributed by atoms with van der Waals surface area (Å²) < 4.78 is 46.8. The summed E-state index contributed by atoms with van der Waals surface area (Å²) in [6, 6.07) is -0.533. The van der Waals surface area contributed by atoms with Gasteiger partial charge in [0.15, 0.2) is 6.04 Å². The highest BCUT2D eigenvalue weighted by Crippen LogP contribution is 2.41. The van der Waals surface area contributed by atoms with Gasteiger partial charge in [-0.15, -0.1) is 0 Å². The van der Waals surface area contributed by atoms with Gasteiger partial charge in [-0.2, -0.15) is 18.3 Å². The molecule has 2 fully saturated rings. The van der Waals surface area contributed by atoms with Gasteiger partial charge in [0.05, 0.1) is 11.7 Å². The summed E-state index contributed by atoms with van der Waals surface area (Å²) in [6.07, 6.45) is -1.73. The predicted octanol–water partition coefficient (Wildman–Crippen LogP) is 3.03. The zero-order valence-corrected chi connectivity index (χ0v) is 14.6. The van der Waals surface area contributed by atoms with Gasteiger partial charge in [-0.05, 0) is 39.0 Å². The Balaban J connectivity index is 1.61. The average molecular weight is 372 g/mol. The van der Waals surface area contributed by atoms with Crippen molar-refractivity contribution in [1.29, 1.82) is 0 Å². The zero-order chi connectivity index (χ0) is 18.5. The van der Waals surface area contributed by atoms with Crippen LogP contribution in [0.1, 0.15) is 56.8 Å². The Morgan fingerprint density at radius 3 is 2.85 bits per heavy atom. The molecule has 3 aliphatic rings. The number of hydrogen-bond acceptors (Lipinski definition) is 4. The SMILES string of the molecule is C[C@@H]1C[C@H](C(F)(F)F)n2nc([C@H]3CCCN3C(=O)[C@@H]3CCCO3)cc2N1. The Hall–Kier alpha value is -1.77. The molecule has 3 aliphatic heterocycles. The highest BCUT2D eigenvalue weighted by Gasteiger charge is 2.46. The molecule has 26 heavy (non-hydrogen) atoms. The van der Waals surface area contributed by atoms with E-state index >= 15 is 0 Å². The van der Waals surface area contributed by atoms with Crippen LogP contribution in [-0.4, -0.2) is 52.1 Å². The summed E-state index contributed by atoms with van der Waals surface area (Å²) >= 11 is 0. The van der Waals surface area contributed by atoms with E-state index in [1.54, 1.807) is 17.9 Å². The number of alkyl halides is 3. The number of hydrogen-bond donors (Lipinski definition) is 1. The molecule has 1 aromatic rings. The van der Waals surface area contributed by atoms with Gasteiger partial charge in [-0.1, -0.05) is 0 Å². The number of likely N-dealkylation sites (tertiary alicyclic amines) is 1. The van der Waals surface area contributed by atoms with Gasteiger partial charge in [-0.25, -0.2) is 4.68 Å². The largest absolute Gasteiger partial charge is 0.410 e. The first-order valence-corrected chi connectivity index (χ1v) is 9.19. The molecular weight excluding hydrogens is 349 g/mol. The number of rotatable bonds is 2. The van der Waals surface area contributed by atoms with Gasteiger partial charge in [0.2, 0.25) is 0 Å². The van der Waals surface area contributed by atoms with E-state index in [2.05, 4.69) is 10.4 Å². The van der Waals surface area contributed by atoms with Crippen LogP contribution < -0.4 is 5.32 Å². The number of nitrogens with one attached hydrogen (secondary N) is 1. The number of amides is 1. The van der Waals surface area contributed by atoms with Crippen LogP contribution in [0.3, 0.4) is 0 Å². The molecule has 144 valence electrons. The molecule has 0 radical (unpaired) electrons. The van der Waals surface area contributed by atoms with E-state index in [1.165, 1.54) is 0 Å². The lowest BCUT2D eigenvalue weighted by Gasteiger charge is -2.31. The van der Waals surface area contributed by atoms with E-state index in [9.17, 15) is 18.0 Å². The second-order valence-electron chi connectivity index (χ2n) is 7.43. The number of carbonyl (C=O) groups excluding carboxylic acids is 1. The maximum absolute atomic E-state index is 13.4. The van der Waals surface area contributed by atoms with Crippen LogP contribution in [0.4, 0.5) is 19.0 Å². The van der Waals surface area contributed by atoms with E-state index < -0.39 is 18.3 Å². The molecule has 0 unspecified atom stereocenters. The third kappa shape index (κ3) is 3.06. The molecule has 6 nitrogen and oxygen atoms in total. The lowest BCUT2D eigenvalue weighted by atomic mass is 10.1. The quantitative estimate of drug-likeness (QED) is 0.867. The summed E-state index contributed by atoms with van der Waals surface area (Å²) in [7, 11) is 0. The van der Waals surface area contributed by atoms with Crippen molar-refractivity contribution in [2.75, 3.05) is 18.5 Å². The van der Waals surface area contributed by atoms with Crippen molar-refractivity contribution in [3.05, 3.63) is 11.8 Å². The Bertz CT molecular complexity index is 684. The molecule has 0 aromatic carbocycles. The third-order valence-electron chi connectivity index (χ3n) is 5.48. The van der Waals surface area contributed by atoms with Crippen molar-refractivity contribution in [1.82, 2.24) is 14.7 Å². The Kier molecular flexibility index (Phi) is 4.37. The molecule has 0 spiro atoms. The van der Waals surface area contributed by atoms with Gasteiger partial charge in [-0.3, -0.25) is 4.79 Å². The lowest BCUT2D eigenvalue weighted by molar-refractivity contribution is -0.173. The molecule has 4 heterocycles. The van der Waals surface area contributed by atoms with Gasteiger partial charge >= 0.3 is 6.18 Å². The Morgan fingerprint density at radius 1 is 1.35 bits per heavy atom. The number of nitrogens with zero attached hydrogens (tertiary/aromatic N) is 3. The van der Waals surface area contributed by atoms with E-state index in [-0.39, 0.29) is 24.4 Å². The first kappa shape index (κ1) is 17.6. The summed E-state index contributed by atoms with van der Waals surface area (Å²) in [6.45, 7) is 2.92. The second kappa shape index (κ2) is 6.44. The molecule has 1 N–H and O–H groups in total. The number of ether oxygens (including phenoxy) is 1. The van der Waals surface area contributed by atoms with Gasteiger partial charge in [0, 0.05) is 25.3 Å². The van der Waals surface area contributed by atoms with Crippen molar-refractivity contribution in [2.24, 2.45) is 0 Å². The van der Waals surface area contributed by atoms with Crippen LogP contribution in [0.2, 0.25) is 0 Å². The smallest absolute Gasteiger partial charge is 0.368 e. The fraction of sp³-hybridized carbons (Fsp3) is 0.765. The monoisotopic (exact) mass is 372 g/mol. The van der Waals surface area contributed by atoms with E-state index in [0.29, 0.717) is 37.5 Å². The first-order valence-electron chi connectivity index (χ1n) is 9.19. The second-order valence-corrected chi connectivity index (χ2v) is 7.43. The Morgan fingerprint density at radius 2 is 2.15 bits per heavy atom. The topological polar surface area (TPSA) is 59.4 Å². The van der Waals surface area contributed by atoms with Crippen molar-refractivity contribution in [3.8, 4) is 0 Å². The van der Waals surface area contributed by atoms with Gasteiger partial charge < -0.3 is 15.0 Å². The highest BCUT2D eigenvalue weighted by molar-refractivity contribution is 5.82. The first-order chi connectivity index (χ1) is 12.3. The summed E-state index contributed by atoms with van der Waals surface area (Å²) in [4.78, 5) is 14.5. The standard InChI is InChI=1S/C17H23F3N4O2/c1-10-8-14(17(18,19)20)24-15(21-10)9-11(22-24)12-4-2-6-23(12)16(25)13-5-3-7-26-13/h9-10,12-14,21H,2-8H2,1H3/t10-,12-,13+,14-/m1/s1. The van der Waals surface area contributed by atoms with Crippen LogP contribution in [0.5, 0.6) is 0 Å². The molecule has 2 saturated heterocycles. The summed E-state index contributed by atoms with van der Waals surface area (Å²) in [5.74, 6) is 0.308. The van der Waals surface area contributed by atoms with Gasteiger partial charge in [0.25, 0.3) is 5.91 Å². The van der Waals surface area contributed by atoms with Crippen LogP contribution in [-0.2, 0) is 9.53 Å². The molecular formula is C17H23F3N4O2.